The largest absolute Gasteiger partial charge is 0.480 e. The van der Waals surface area contributed by atoms with Crippen LogP contribution < -0.4 is 4.74 Å². The van der Waals surface area contributed by atoms with E-state index in [1.165, 1.54) is 0 Å². The molecule has 1 fully saturated rings. The number of hydrogen-bond acceptors (Lipinski definition) is 3. The van der Waals surface area contributed by atoms with Gasteiger partial charge in [0.1, 0.15) is 5.75 Å². The summed E-state index contributed by atoms with van der Waals surface area (Å²) in [7, 11) is 0. The lowest BCUT2D eigenvalue weighted by Crippen LogP contribution is -2.51. The van der Waals surface area contributed by atoms with Gasteiger partial charge in [-0.2, -0.15) is 0 Å². The smallest absolute Gasteiger partial charge is 0.263 e. The second-order valence-corrected chi connectivity index (χ2v) is 5.70. The zero-order valence-electron chi connectivity index (χ0n) is 13.1. The average Bonchev–Trinajstić information content (AvgIpc) is 2.61. The summed E-state index contributed by atoms with van der Waals surface area (Å²) >= 11 is 0. The number of piperazine rings is 1. The molecule has 23 heavy (non-hydrogen) atoms. The maximum atomic E-state index is 12.5. The van der Waals surface area contributed by atoms with Gasteiger partial charge in [0, 0.05) is 31.6 Å². The molecule has 2 aromatic carbocycles. The van der Waals surface area contributed by atoms with Crippen LogP contribution in [0.3, 0.4) is 0 Å². The number of ether oxygens (including phenoxy) is 1. The Labute approximate surface area is 135 Å². The third-order valence-corrected chi connectivity index (χ3v) is 4.18. The topological polar surface area (TPSA) is 49.9 Å². The van der Waals surface area contributed by atoms with Gasteiger partial charge in [-0.3, -0.25) is 9.59 Å². The molecule has 1 aliphatic rings. The average molecular weight is 312 g/mol. The van der Waals surface area contributed by atoms with Crippen LogP contribution in [0.2, 0.25) is 0 Å². The number of hydrogen-bond donors (Lipinski definition) is 0. The SMILES string of the molecule is C[C@@H](Oc1cccc2ccccc12)C(=O)N1CCN(C=O)CC1. The van der Waals surface area contributed by atoms with Crippen molar-refractivity contribution in [3.8, 4) is 5.75 Å². The van der Waals surface area contributed by atoms with E-state index in [9.17, 15) is 9.59 Å². The Hall–Kier alpha value is -2.56. The first-order valence-corrected chi connectivity index (χ1v) is 7.81. The first-order valence-electron chi connectivity index (χ1n) is 7.81. The van der Waals surface area contributed by atoms with Gasteiger partial charge in [-0.1, -0.05) is 36.4 Å². The van der Waals surface area contributed by atoms with Crippen LogP contribution in [0.25, 0.3) is 10.8 Å². The predicted molar refractivity (Wildman–Crippen MR) is 88.3 cm³/mol. The van der Waals surface area contributed by atoms with Crippen LogP contribution in [-0.4, -0.2) is 54.4 Å². The van der Waals surface area contributed by atoms with Gasteiger partial charge < -0.3 is 14.5 Å². The molecule has 1 atom stereocenters. The lowest BCUT2D eigenvalue weighted by Gasteiger charge is -2.34. The predicted octanol–water partition coefficient (Wildman–Crippen LogP) is 1.91. The maximum absolute atomic E-state index is 12.5. The Morgan fingerprint density at radius 3 is 2.52 bits per heavy atom. The van der Waals surface area contributed by atoms with Crippen molar-refractivity contribution in [3.63, 3.8) is 0 Å². The van der Waals surface area contributed by atoms with Crippen LogP contribution in [-0.2, 0) is 9.59 Å². The highest BCUT2D eigenvalue weighted by atomic mass is 16.5. The van der Waals surface area contributed by atoms with E-state index < -0.39 is 6.10 Å². The van der Waals surface area contributed by atoms with E-state index in [4.69, 9.17) is 4.74 Å². The Balaban J connectivity index is 1.69. The van der Waals surface area contributed by atoms with Gasteiger partial charge >= 0.3 is 0 Å². The molecule has 2 amide bonds. The molecule has 0 aromatic heterocycles. The number of carbonyl (C=O) groups excluding carboxylic acids is 2. The standard InChI is InChI=1S/C18H20N2O3/c1-14(18(22)20-11-9-19(13-21)10-12-20)23-17-8-4-6-15-5-2-3-7-16(15)17/h2-8,13-14H,9-12H2,1H3/t14-/m1/s1. The van der Waals surface area contributed by atoms with E-state index in [0.29, 0.717) is 26.2 Å². The molecule has 0 bridgehead atoms. The lowest BCUT2D eigenvalue weighted by atomic mass is 10.1. The molecule has 0 N–H and O–H groups in total. The zero-order chi connectivity index (χ0) is 16.2. The fraction of sp³-hybridized carbons (Fsp3) is 0.333. The molecule has 5 heteroatoms. The summed E-state index contributed by atoms with van der Waals surface area (Å²) in [6.45, 7) is 4.05. The third kappa shape index (κ3) is 3.28. The molecule has 2 aromatic rings. The van der Waals surface area contributed by atoms with Crippen LogP contribution in [0.15, 0.2) is 42.5 Å². The van der Waals surface area contributed by atoms with E-state index in [1.54, 1.807) is 16.7 Å². The number of rotatable bonds is 4. The number of nitrogens with zero attached hydrogens (tertiary/aromatic N) is 2. The van der Waals surface area contributed by atoms with Gasteiger partial charge in [-0.05, 0) is 18.4 Å². The molecule has 0 saturated carbocycles. The Kier molecular flexibility index (Phi) is 4.46. The van der Waals surface area contributed by atoms with Crippen molar-refractivity contribution in [2.45, 2.75) is 13.0 Å². The molecule has 120 valence electrons. The number of amides is 2. The summed E-state index contributed by atoms with van der Waals surface area (Å²) in [6.07, 6.45) is 0.279. The minimum atomic E-state index is -0.552. The highest BCUT2D eigenvalue weighted by molar-refractivity contribution is 5.89. The van der Waals surface area contributed by atoms with Gasteiger partial charge in [0.15, 0.2) is 6.10 Å². The van der Waals surface area contributed by atoms with Crippen molar-refractivity contribution in [1.29, 1.82) is 0 Å². The molecule has 1 saturated heterocycles. The second kappa shape index (κ2) is 6.69. The quantitative estimate of drug-likeness (QED) is 0.810. The van der Waals surface area contributed by atoms with Crippen molar-refractivity contribution < 1.29 is 14.3 Å². The third-order valence-electron chi connectivity index (χ3n) is 4.18. The molecular weight excluding hydrogens is 292 g/mol. The summed E-state index contributed by atoms with van der Waals surface area (Å²) < 4.78 is 5.92. The molecular formula is C18H20N2O3. The molecule has 0 spiro atoms. The lowest BCUT2D eigenvalue weighted by molar-refractivity contribution is -0.141. The Bertz CT molecular complexity index is 703. The number of carbonyl (C=O) groups is 2. The van der Waals surface area contributed by atoms with Crippen molar-refractivity contribution in [3.05, 3.63) is 42.5 Å². The Morgan fingerprint density at radius 1 is 1.09 bits per heavy atom. The summed E-state index contributed by atoms with van der Waals surface area (Å²) in [5, 5.41) is 2.09. The summed E-state index contributed by atoms with van der Waals surface area (Å²) in [5.74, 6) is 0.680. The van der Waals surface area contributed by atoms with Crippen molar-refractivity contribution in [2.24, 2.45) is 0 Å². The van der Waals surface area contributed by atoms with E-state index >= 15 is 0 Å². The first-order chi connectivity index (χ1) is 11.2. The van der Waals surface area contributed by atoms with Crippen LogP contribution in [0.4, 0.5) is 0 Å². The van der Waals surface area contributed by atoms with E-state index in [-0.39, 0.29) is 5.91 Å². The van der Waals surface area contributed by atoms with Gasteiger partial charge in [0.2, 0.25) is 6.41 Å². The van der Waals surface area contributed by atoms with Crippen molar-refractivity contribution in [1.82, 2.24) is 9.80 Å². The fourth-order valence-electron chi connectivity index (χ4n) is 2.84. The van der Waals surface area contributed by atoms with Gasteiger partial charge in [0.25, 0.3) is 5.91 Å². The van der Waals surface area contributed by atoms with E-state index in [1.807, 2.05) is 42.5 Å². The van der Waals surface area contributed by atoms with Gasteiger partial charge in [0.05, 0.1) is 0 Å². The summed E-state index contributed by atoms with van der Waals surface area (Å²) in [6, 6.07) is 13.8. The Morgan fingerprint density at radius 2 is 1.78 bits per heavy atom. The molecule has 3 rings (SSSR count). The van der Waals surface area contributed by atoms with E-state index in [0.717, 1.165) is 22.9 Å². The van der Waals surface area contributed by atoms with Crippen LogP contribution in [0.1, 0.15) is 6.92 Å². The zero-order valence-corrected chi connectivity index (χ0v) is 13.1. The number of fused-ring (bicyclic) bond motifs is 1. The molecule has 0 radical (unpaired) electrons. The minimum Gasteiger partial charge on any atom is -0.480 e. The number of benzene rings is 2. The summed E-state index contributed by atoms with van der Waals surface area (Å²) in [4.78, 5) is 26.7. The molecule has 0 unspecified atom stereocenters. The highest BCUT2D eigenvalue weighted by Gasteiger charge is 2.25. The van der Waals surface area contributed by atoms with Crippen LogP contribution in [0, 0.1) is 0 Å². The molecule has 1 heterocycles. The maximum Gasteiger partial charge on any atom is 0.263 e. The molecule has 1 aliphatic heterocycles. The molecule has 5 nitrogen and oxygen atoms in total. The normalized spacial score (nSPS) is 16.2. The van der Waals surface area contributed by atoms with Crippen molar-refractivity contribution >= 4 is 23.1 Å². The molecule has 0 aliphatic carbocycles. The highest BCUT2D eigenvalue weighted by Crippen LogP contribution is 2.26. The van der Waals surface area contributed by atoms with E-state index in [2.05, 4.69) is 0 Å². The first kappa shape index (κ1) is 15.3. The van der Waals surface area contributed by atoms with Gasteiger partial charge in [-0.25, -0.2) is 0 Å². The van der Waals surface area contributed by atoms with Crippen molar-refractivity contribution in [2.75, 3.05) is 26.2 Å². The summed E-state index contributed by atoms with van der Waals surface area (Å²) in [5.41, 5.74) is 0. The monoisotopic (exact) mass is 312 g/mol. The van der Waals surface area contributed by atoms with Crippen LogP contribution in [0.5, 0.6) is 5.75 Å². The van der Waals surface area contributed by atoms with Gasteiger partial charge in [-0.15, -0.1) is 0 Å². The van der Waals surface area contributed by atoms with Crippen LogP contribution >= 0.6 is 0 Å². The second-order valence-electron chi connectivity index (χ2n) is 5.70. The fourth-order valence-corrected chi connectivity index (χ4v) is 2.84. The minimum absolute atomic E-state index is 0.0384.